The number of fused-ring (bicyclic) bond motifs is 2. The van der Waals surface area contributed by atoms with Gasteiger partial charge in [0.15, 0.2) is 0 Å². The number of rotatable bonds is 3. The van der Waals surface area contributed by atoms with Crippen molar-refractivity contribution in [3.63, 3.8) is 0 Å². The Labute approximate surface area is 107 Å². The van der Waals surface area contributed by atoms with Crippen LogP contribution in [-0.4, -0.2) is 22.1 Å². The van der Waals surface area contributed by atoms with Gasteiger partial charge in [0.05, 0.1) is 5.92 Å². The normalized spacial score (nSPS) is 32.7. The fraction of sp³-hybridized carbons (Fsp3) is 0.455. The molecular weight excluding hydrogens is 254 g/mol. The van der Waals surface area contributed by atoms with E-state index < -0.39 is 17.8 Å². The van der Waals surface area contributed by atoms with E-state index in [0.717, 1.165) is 0 Å². The number of aromatic nitrogens is 2. The Hall–Kier alpha value is -1.76. The fourth-order valence-corrected chi connectivity index (χ4v) is 3.37. The van der Waals surface area contributed by atoms with Gasteiger partial charge in [-0.1, -0.05) is 23.5 Å². The Kier molecular flexibility index (Phi) is 2.62. The molecule has 1 aromatic heterocycles. The summed E-state index contributed by atoms with van der Waals surface area (Å²) in [6.07, 6.45) is 4.52. The number of hydrogen-bond acceptors (Lipinski definition) is 6. The lowest BCUT2D eigenvalue weighted by Gasteiger charge is -2.27. The van der Waals surface area contributed by atoms with Crippen LogP contribution < -0.4 is 10.4 Å². The summed E-state index contributed by atoms with van der Waals surface area (Å²) >= 11 is 1.20. The maximum Gasteiger partial charge on any atom is 0.230 e. The summed E-state index contributed by atoms with van der Waals surface area (Å²) in [5.74, 6) is -2.83. The predicted octanol–water partition coefficient (Wildman–Crippen LogP) is -0.335. The van der Waals surface area contributed by atoms with Crippen molar-refractivity contribution in [2.24, 2.45) is 23.7 Å². The maximum atomic E-state index is 12.1. The highest BCUT2D eigenvalue weighted by molar-refractivity contribution is 7.13. The highest BCUT2D eigenvalue weighted by Crippen LogP contribution is 2.48. The van der Waals surface area contributed by atoms with Crippen molar-refractivity contribution < 1.29 is 14.7 Å². The molecule has 1 amide bonds. The van der Waals surface area contributed by atoms with Crippen molar-refractivity contribution in [3.05, 3.63) is 17.7 Å². The fourth-order valence-electron chi connectivity index (χ4n) is 2.92. The summed E-state index contributed by atoms with van der Waals surface area (Å²) in [6, 6.07) is 0. The van der Waals surface area contributed by atoms with E-state index in [1.54, 1.807) is 0 Å². The second kappa shape index (κ2) is 4.16. The Balaban J connectivity index is 1.80. The molecule has 1 saturated carbocycles. The minimum absolute atomic E-state index is 0.00850. The summed E-state index contributed by atoms with van der Waals surface area (Å²) in [4.78, 5) is 23.3. The number of hydrogen-bond donors (Lipinski definition) is 1. The molecule has 2 aliphatic carbocycles. The number of carboxylic acids is 1. The number of nitrogens with one attached hydrogen (secondary N) is 1. The van der Waals surface area contributed by atoms with Crippen molar-refractivity contribution in [1.29, 1.82) is 0 Å². The lowest BCUT2D eigenvalue weighted by atomic mass is 9.82. The summed E-state index contributed by atoms with van der Waals surface area (Å²) in [5, 5.41) is 21.5. The second-order valence-corrected chi connectivity index (χ2v) is 5.39. The van der Waals surface area contributed by atoms with E-state index in [1.165, 1.54) is 16.8 Å². The number of nitrogens with zero attached hydrogens (tertiary/aromatic N) is 2. The Morgan fingerprint density at radius 1 is 1.33 bits per heavy atom. The molecule has 0 aliphatic heterocycles. The zero-order valence-corrected chi connectivity index (χ0v) is 10.1. The van der Waals surface area contributed by atoms with Crippen LogP contribution in [0.15, 0.2) is 17.7 Å². The molecule has 1 aromatic rings. The zero-order chi connectivity index (χ0) is 12.7. The average Bonchev–Trinajstić information content (AvgIpc) is 3.03. The number of anilines is 1. The minimum atomic E-state index is -1.15. The first-order valence-electron chi connectivity index (χ1n) is 5.63. The van der Waals surface area contributed by atoms with Gasteiger partial charge in [-0.25, -0.2) is 0 Å². The van der Waals surface area contributed by atoms with E-state index in [9.17, 15) is 14.7 Å². The third kappa shape index (κ3) is 1.71. The number of carboxylic acid groups (broad SMARTS) is 1. The molecule has 1 fully saturated rings. The van der Waals surface area contributed by atoms with Crippen LogP contribution >= 0.6 is 11.3 Å². The van der Waals surface area contributed by atoms with Gasteiger partial charge < -0.3 is 15.2 Å². The van der Waals surface area contributed by atoms with E-state index in [-0.39, 0.29) is 17.7 Å². The predicted molar refractivity (Wildman–Crippen MR) is 61.3 cm³/mol. The van der Waals surface area contributed by atoms with E-state index >= 15 is 0 Å². The lowest BCUT2D eigenvalue weighted by molar-refractivity contribution is -0.313. The van der Waals surface area contributed by atoms with E-state index in [0.29, 0.717) is 11.6 Å². The van der Waals surface area contributed by atoms with Gasteiger partial charge in [0.25, 0.3) is 0 Å². The maximum absolute atomic E-state index is 12.1. The first-order chi connectivity index (χ1) is 8.66. The third-order valence-electron chi connectivity index (χ3n) is 3.62. The summed E-state index contributed by atoms with van der Waals surface area (Å²) in [7, 11) is 0. The van der Waals surface area contributed by atoms with Crippen LogP contribution in [0.3, 0.4) is 0 Å². The molecule has 4 atom stereocenters. The molecule has 7 heteroatoms. The first-order valence-corrected chi connectivity index (χ1v) is 6.51. The van der Waals surface area contributed by atoms with Crippen LogP contribution in [0.25, 0.3) is 0 Å². The number of carbonyl (C=O) groups excluding carboxylic acids is 2. The molecule has 0 saturated heterocycles. The molecule has 2 bridgehead atoms. The molecule has 2 aliphatic rings. The van der Waals surface area contributed by atoms with Gasteiger partial charge in [-0.05, 0) is 18.3 Å². The standard InChI is InChI=1S/C11H11N3O3S/c15-9(13-11-14-12-4-18-11)7-5-1-2-6(3-5)8(7)10(16)17/h1-2,4-8H,3H2,(H,16,17)(H,13,14,15)/p-1/t5-,6+,7+,8-/m0/s1. The third-order valence-corrected chi connectivity index (χ3v) is 4.23. The molecule has 1 N–H and O–H groups in total. The molecule has 0 radical (unpaired) electrons. The first kappa shape index (κ1) is 11.3. The van der Waals surface area contributed by atoms with Crippen molar-refractivity contribution >= 4 is 28.3 Å². The van der Waals surface area contributed by atoms with Gasteiger partial charge >= 0.3 is 0 Å². The van der Waals surface area contributed by atoms with Gasteiger partial charge in [0.2, 0.25) is 11.0 Å². The molecular formula is C11H10N3O3S-. The zero-order valence-electron chi connectivity index (χ0n) is 9.28. The lowest BCUT2D eigenvalue weighted by Crippen LogP contribution is -2.42. The Morgan fingerprint density at radius 2 is 2.06 bits per heavy atom. The van der Waals surface area contributed by atoms with Gasteiger partial charge in [-0.3, -0.25) is 4.79 Å². The molecule has 0 unspecified atom stereocenters. The number of allylic oxidation sites excluding steroid dienone is 2. The highest BCUT2D eigenvalue weighted by atomic mass is 32.1. The quantitative estimate of drug-likeness (QED) is 0.754. The summed E-state index contributed by atoms with van der Waals surface area (Å²) in [5.41, 5.74) is 1.51. The van der Waals surface area contributed by atoms with Gasteiger partial charge in [0.1, 0.15) is 5.51 Å². The van der Waals surface area contributed by atoms with Crippen LogP contribution in [-0.2, 0) is 9.59 Å². The Bertz CT molecular complexity index is 514. The summed E-state index contributed by atoms with van der Waals surface area (Å²) in [6.45, 7) is 0. The summed E-state index contributed by atoms with van der Waals surface area (Å²) < 4.78 is 0. The topological polar surface area (TPSA) is 95.0 Å². The Morgan fingerprint density at radius 3 is 2.67 bits per heavy atom. The smallest absolute Gasteiger partial charge is 0.230 e. The van der Waals surface area contributed by atoms with Gasteiger partial charge in [0, 0.05) is 11.9 Å². The second-order valence-electron chi connectivity index (χ2n) is 4.55. The van der Waals surface area contributed by atoms with Crippen molar-refractivity contribution in [3.8, 4) is 0 Å². The van der Waals surface area contributed by atoms with Crippen molar-refractivity contribution in [1.82, 2.24) is 10.2 Å². The van der Waals surface area contributed by atoms with Crippen LogP contribution in [0.2, 0.25) is 0 Å². The van der Waals surface area contributed by atoms with Crippen LogP contribution in [0.5, 0.6) is 0 Å². The largest absolute Gasteiger partial charge is 0.550 e. The van der Waals surface area contributed by atoms with Gasteiger partial charge in [-0.15, -0.1) is 10.2 Å². The average molecular weight is 264 g/mol. The molecule has 94 valence electrons. The van der Waals surface area contributed by atoms with E-state index in [4.69, 9.17) is 0 Å². The van der Waals surface area contributed by atoms with E-state index in [2.05, 4.69) is 15.5 Å². The minimum Gasteiger partial charge on any atom is -0.550 e. The number of amides is 1. The highest BCUT2D eigenvalue weighted by Gasteiger charge is 2.48. The number of carbonyl (C=O) groups is 2. The SMILES string of the molecule is O=C([O-])[C@@H]1[C@H](C(=O)Nc2nncs2)[C@H]2C=C[C@@H]1C2. The van der Waals surface area contributed by atoms with Crippen LogP contribution in [0.1, 0.15) is 6.42 Å². The van der Waals surface area contributed by atoms with Crippen molar-refractivity contribution in [2.75, 3.05) is 5.32 Å². The van der Waals surface area contributed by atoms with Crippen molar-refractivity contribution in [2.45, 2.75) is 6.42 Å². The van der Waals surface area contributed by atoms with Gasteiger partial charge in [-0.2, -0.15) is 0 Å². The molecule has 0 spiro atoms. The number of aliphatic carboxylic acids is 1. The molecule has 18 heavy (non-hydrogen) atoms. The molecule has 6 nitrogen and oxygen atoms in total. The van der Waals surface area contributed by atoms with E-state index in [1.807, 2.05) is 12.2 Å². The van der Waals surface area contributed by atoms with Crippen LogP contribution in [0.4, 0.5) is 5.13 Å². The molecule has 3 rings (SSSR count). The molecule has 1 heterocycles. The van der Waals surface area contributed by atoms with Crippen LogP contribution in [0, 0.1) is 23.7 Å². The molecule has 0 aromatic carbocycles. The monoisotopic (exact) mass is 264 g/mol.